The third-order valence-electron chi connectivity index (χ3n) is 6.45. The molecular weight excluding hydrogens is 526 g/mol. The average molecular weight is 570 g/mol. The van der Waals surface area contributed by atoms with Crippen LogP contribution in [0.25, 0.3) is 0 Å². The van der Waals surface area contributed by atoms with Gasteiger partial charge in [-0.05, 0) is 63.1 Å². The molecule has 0 bridgehead atoms. The molecular formula is C28H43NO11. The number of rotatable bonds is 14. The van der Waals surface area contributed by atoms with E-state index in [1.165, 1.54) is 18.2 Å². The lowest BCUT2D eigenvalue weighted by molar-refractivity contribution is -0.139. The van der Waals surface area contributed by atoms with Gasteiger partial charge in [0, 0.05) is 5.92 Å². The van der Waals surface area contributed by atoms with Crippen molar-refractivity contribution < 1.29 is 52.7 Å². The van der Waals surface area contributed by atoms with Crippen LogP contribution < -0.4 is 15.2 Å². The Labute approximate surface area is 235 Å². The van der Waals surface area contributed by atoms with Crippen LogP contribution in [0.2, 0.25) is 0 Å². The summed E-state index contributed by atoms with van der Waals surface area (Å²) >= 11 is 0. The van der Waals surface area contributed by atoms with E-state index in [2.05, 4.69) is 0 Å². The molecule has 40 heavy (non-hydrogen) atoms. The maximum absolute atomic E-state index is 12.4. The molecule has 0 spiro atoms. The number of carbonyl (C=O) groups excluding carboxylic acids is 3. The Morgan fingerprint density at radius 1 is 0.800 bits per heavy atom. The van der Waals surface area contributed by atoms with E-state index in [0.29, 0.717) is 18.4 Å². The van der Waals surface area contributed by atoms with E-state index in [9.17, 15) is 24.3 Å². The molecule has 1 rings (SSSR count). The predicted octanol–water partition coefficient (Wildman–Crippen LogP) is 5.64. The quantitative estimate of drug-likeness (QED) is 0.161. The largest absolute Gasteiger partial charge is 0.514 e. The van der Waals surface area contributed by atoms with E-state index < -0.39 is 54.5 Å². The zero-order valence-corrected chi connectivity index (χ0v) is 24.5. The zero-order chi connectivity index (χ0) is 30.6. The summed E-state index contributed by atoms with van der Waals surface area (Å²) in [6.45, 7) is 14.0. The van der Waals surface area contributed by atoms with Gasteiger partial charge in [-0.3, -0.25) is 4.79 Å². The van der Waals surface area contributed by atoms with Crippen molar-refractivity contribution >= 4 is 24.4 Å². The van der Waals surface area contributed by atoms with Gasteiger partial charge >= 0.3 is 24.4 Å². The topological polar surface area (TPSA) is 170 Å². The lowest BCUT2D eigenvalue weighted by atomic mass is 9.82. The first-order valence-electron chi connectivity index (χ1n) is 13.4. The van der Waals surface area contributed by atoms with Crippen molar-refractivity contribution in [2.24, 2.45) is 17.6 Å². The Morgan fingerprint density at radius 2 is 1.32 bits per heavy atom. The highest BCUT2D eigenvalue weighted by molar-refractivity contribution is 5.75. The van der Waals surface area contributed by atoms with Crippen LogP contribution >= 0.6 is 0 Å². The van der Waals surface area contributed by atoms with Gasteiger partial charge in [0.1, 0.15) is 24.4 Å². The second kappa shape index (κ2) is 16.5. The fourth-order valence-corrected chi connectivity index (χ4v) is 3.29. The van der Waals surface area contributed by atoms with Crippen molar-refractivity contribution in [1.29, 1.82) is 0 Å². The summed E-state index contributed by atoms with van der Waals surface area (Å²) in [5.41, 5.74) is 6.36. The van der Waals surface area contributed by atoms with Crippen molar-refractivity contribution in [2.45, 2.75) is 98.5 Å². The minimum absolute atomic E-state index is 0.0757. The van der Waals surface area contributed by atoms with Crippen molar-refractivity contribution in [2.75, 3.05) is 6.61 Å². The molecule has 0 heterocycles. The molecule has 12 nitrogen and oxygen atoms in total. The van der Waals surface area contributed by atoms with Gasteiger partial charge in [-0.25, -0.2) is 14.4 Å². The Bertz CT molecular complexity index is 996. The molecule has 3 N–H and O–H groups in total. The molecule has 1 aromatic carbocycles. The Morgan fingerprint density at radius 3 is 1.80 bits per heavy atom. The van der Waals surface area contributed by atoms with Crippen molar-refractivity contribution in [3.63, 3.8) is 0 Å². The third-order valence-corrected chi connectivity index (χ3v) is 6.45. The van der Waals surface area contributed by atoms with E-state index in [-0.39, 0.29) is 30.1 Å². The van der Waals surface area contributed by atoms with Gasteiger partial charge in [0.2, 0.25) is 0 Å². The molecule has 0 aliphatic heterocycles. The van der Waals surface area contributed by atoms with Crippen LogP contribution in [0, 0.1) is 11.8 Å². The molecule has 1 aromatic rings. The minimum atomic E-state index is -1.42. The lowest BCUT2D eigenvalue weighted by Crippen LogP contribution is -2.40. The van der Waals surface area contributed by atoms with Gasteiger partial charge in [0.15, 0.2) is 11.5 Å². The highest BCUT2D eigenvalue weighted by Gasteiger charge is 2.33. The van der Waals surface area contributed by atoms with Crippen LogP contribution in [0.1, 0.15) is 79.7 Å². The SMILES string of the molecule is CCC(C)OC(=O)Oc1ccc(C(C(C)COC(=O)OC(C)C(C)C)[C@H](N)C(=O)O)cc1OC(=O)OC(C)CC. The maximum atomic E-state index is 12.4. The van der Waals surface area contributed by atoms with E-state index in [4.69, 9.17) is 34.2 Å². The monoisotopic (exact) mass is 569 g/mol. The van der Waals surface area contributed by atoms with Crippen LogP contribution in [-0.4, -0.2) is 60.5 Å². The van der Waals surface area contributed by atoms with E-state index in [0.717, 1.165) is 0 Å². The van der Waals surface area contributed by atoms with Crippen LogP contribution in [0.15, 0.2) is 18.2 Å². The van der Waals surface area contributed by atoms with E-state index in [1.54, 1.807) is 27.7 Å². The summed E-state index contributed by atoms with van der Waals surface area (Å²) in [5.74, 6) is -3.13. The van der Waals surface area contributed by atoms with Gasteiger partial charge in [-0.2, -0.15) is 0 Å². The molecule has 226 valence electrons. The molecule has 0 fully saturated rings. The molecule has 6 atom stereocenters. The molecule has 0 aromatic heterocycles. The summed E-state index contributed by atoms with van der Waals surface area (Å²) in [7, 11) is 0. The predicted molar refractivity (Wildman–Crippen MR) is 144 cm³/mol. The summed E-state index contributed by atoms with van der Waals surface area (Å²) in [5, 5.41) is 9.69. The number of carboxylic acids is 1. The fraction of sp³-hybridized carbons (Fsp3) is 0.643. The molecule has 0 saturated heterocycles. The maximum Gasteiger partial charge on any atom is 0.514 e. The summed E-state index contributed by atoms with van der Waals surface area (Å²) in [4.78, 5) is 48.7. The molecule has 0 aliphatic carbocycles. The van der Waals surface area contributed by atoms with Crippen LogP contribution in [0.4, 0.5) is 14.4 Å². The van der Waals surface area contributed by atoms with Crippen molar-refractivity contribution in [3.8, 4) is 11.5 Å². The summed E-state index contributed by atoms with van der Waals surface area (Å²) in [6.07, 6.45) is -3.12. The molecule has 0 amide bonds. The van der Waals surface area contributed by atoms with Crippen LogP contribution in [0.3, 0.4) is 0 Å². The zero-order valence-electron chi connectivity index (χ0n) is 24.5. The Kier molecular flexibility index (Phi) is 14.3. The minimum Gasteiger partial charge on any atom is -0.480 e. The van der Waals surface area contributed by atoms with Gasteiger partial charge in [-0.15, -0.1) is 0 Å². The second-order valence-corrected chi connectivity index (χ2v) is 10.1. The molecule has 5 unspecified atom stereocenters. The number of nitrogens with two attached hydrogens (primary N) is 1. The van der Waals surface area contributed by atoms with Crippen molar-refractivity contribution in [3.05, 3.63) is 23.8 Å². The fourth-order valence-electron chi connectivity index (χ4n) is 3.29. The standard InChI is InChI=1S/C28H43NO11/c1-9-17(6)36-27(33)39-21-12-11-20(13-22(21)40-28(34)37-18(7)10-2)23(24(29)25(30)31)16(5)14-35-26(32)38-19(8)15(3)4/h11-13,15-19,23-24H,9-10,14,29H2,1-8H3,(H,30,31)/t16?,17?,18?,19?,23?,24-/m0/s1. The van der Waals surface area contributed by atoms with Gasteiger partial charge in [-0.1, -0.05) is 40.7 Å². The lowest BCUT2D eigenvalue weighted by Gasteiger charge is -2.28. The van der Waals surface area contributed by atoms with Gasteiger partial charge < -0.3 is 39.3 Å². The third kappa shape index (κ3) is 11.3. The molecule has 0 aliphatic rings. The first-order valence-corrected chi connectivity index (χ1v) is 13.4. The van der Waals surface area contributed by atoms with Crippen molar-refractivity contribution in [1.82, 2.24) is 0 Å². The number of benzene rings is 1. The van der Waals surface area contributed by atoms with Gasteiger partial charge in [0.05, 0.1) is 6.61 Å². The van der Waals surface area contributed by atoms with Crippen LogP contribution in [0.5, 0.6) is 11.5 Å². The molecule has 0 saturated carbocycles. The van der Waals surface area contributed by atoms with Crippen LogP contribution in [-0.2, 0) is 23.7 Å². The first kappa shape index (κ1) is 34.5. The smallest absolute Gasteiger partial charge is 0.480 e. The second-order valence-electron chi connectivity index (χ2n) is 10.1. The number of hydrogen-bond acceptors (Lipinski definition) is 11. The summed E-state index contributed by atoms with van der Waals surface area (Å²) < 4.78 is 31.3. The summed E-state index contributed by atoms with van der Waals surface area (Å²) in [6, 6.07) is 2.70. The highest BCUT2D eigenvalue weighted by atomic mass is 16.8. The van der Waals surface area contributed by atoms with E-state index >= 15 is 0 Å². The average Bonchev–Trinajstić information content (AvgIpc) is 2.88. The Balaban J connectivity index is 3.33. The highest BCUT2D eigenvalue weighted by Crippen LogP contribution is 2.36. The van der Waals surface area contributed by atoms with Gasteiger partial charge in [0.25, 0.3) is 0 Å². The first-order chi connectivity index (χ1) is 18.7. The number of carbonyl (C=O) groups is 4. The number of aliphatic carboxylic acids is 1. The molecule has 0 radical (unpaired) electrons. The normalized spacial score (nSPS) is 15.6. The number of hydrogen-bond donors (Lipinski definition) is 2. The Hall–Kier alpha value is -3.54. The number of ether oxygens (including phenoxy) is 6. The molecule has 12 heteroatoms. The number of carboxylic acid groups (broad SMARTS) is 1. The van der Waals surface area contributed by atoms with E-state index in [1.807, 2.05) is 27.7 Å².